The van der Waals surface area contributed by atoms with E-state index in [9.17, 15) is 0 Å². The summed E-state index contributed by atoms with van der Waals surface area (Å²) in [5, 5.41) is 0. The molecule has 0 atom stereocenters. The lowest BCUT2D eigenvalue weighted by Gasteiger charge is -2.05. The first-order valence-corrected chi connectivity index (χ1v) is 3.94. The van der Waals surface area contributed by atoms with E-state index in [-0.39, 0.29) is 0 Å². The smallest absolute Gasteiger partial charge is 0.167 e. The molecule has 0 aliphatic heterocycles. The van der Waals surface area contributed by atoms with Gasteiger partial charge in [0.15, 0.2) is 6.21 Å². The predicted molar refractivity (Wildman–Crippen MR) is 50.2 cm³/mol. The molecule has 0 spiro atoms. The second-order valence-corrected chi connectivity index (χ2v) is 3.11. The molecule has 2 heteroatoms. The van der Waals surface area contributed by atoms with Gasteiger partial charge in [0.25, 0.3) is 0 Å². The van der Waals surface area contributed by atoms with E-state index in [1.165, 1.54) is 5.57 Å². The van der Waals surface area contributed by atoms with Gasteiger partial charge in [-0.25, -0.2) is 4.58 Å². The summed E-state index contributed by atoms with van der Waals surface area (Å²) in [5.74, 6) is 0. The van der Waals surface area contributed by atoms with Gasteiger partial charge in [0.1, 0.15) is 14.1 Å². The first kappa shape index (κ1) is 10.2. The molecule has 0 unspecified atom stereocenters. The van der Waals surface area contributed by atoms with Crippen molar-refractivity contribution in [1.29, 1.82) is 0 Å². The van der Waals surface area contributed by atoms with Crippen molar-refractivity contribution in [3.05, 3.63) is 11.8 Å². The molecule has 0 radical (unpaired) electrons. The van der Waals surface area contributed by atoms with Gasteiger partial charge in [-0.05, 0) is 6.42 Å². The van der Waals surface area contributed by atoms with E-state index in [4.69, 9.17) is 0 Å². The lowest BCUT2D eigenvalue weighted by atomic mass is 10.2. The maximum Gasteiger partial charge on any atom is 0.167 e. The molecule has 0 fully saturated rings. The third-order valence-electron chi connectivity index (χ3n) is 1.26. The molecule has 2 nitrogen and oxygen atoms in total. The Labute approximate surface area is 69.8 Å². The second kappa shape index (κ2) is 4.94. The van der Waals surface area contributed by atoms with Crippen molar-refractivity contribution in [2.75, 3.05) is 28.2 Å². The van der Waals surface area contributed by atoms with Gasteiger partial charge in [-0.3, -0.25) is 0 Å². The molecule has 0 aliphatic rings. The molecule has 0 saturated heterocycles. The SMILES string of the molecule is CC/C(C=[N+](C)C)=C\N(C)C. The van der Waals surface area contributed by atoms with Crippen molar-refractivity contribution in [1.82, 2.24) is 4.90 Å². The molecule has 11 heavy (non-hydrogen) atoms. The Morgan fingerprint density at radius 2 is 1.91 bits per heavy atom. The zero-order chi connectivity index (χ0) is 8.85. The third kappa shape index (κ3) is 5.64. The summed E-state index contributed by atoms with van der Waals surface area (Å²) in [7, 11) is 8.16. The highest BCUT2D eigenvalue weighted by atomic mass is 15.0. The summed E-state index contributed by atoms with van der Waals surface area (Å²) in [6.45, 7) is 2.16. The average molecular weight is 155 g/mol. The fourth-order valence-electron chi connectivity index (χ4n) is 0.879. The van der Waals surface area contributed by atoms with Crippen LogP contribution in [0.1, 0.15) is 13.3 Å². The Hall–Kier alpha value is -0.790. The number of rotatable bonds is 3. The van der Waals surface area contributed by atoms with Crippen LogP contribution in [0.5, 0.6) is 0 Å². The van der Waals surface area contributed by atoms with Crippen LogP contribution in [0.2, 0.25) is 0 Å². The number of allylic oxidation sites excluding steroid dienone is 1. The number of hydrogen-bond donors (Lipinski definition) is 0. The molecular weight excluding hydrogens is 136 g/mol. The number of hydrogen-bond acceptors (Lipinski definition) is 1. The van der Waals surface area contributed by atoms with E-state index in [1.807, 2.05) is 28.2 Å². The van der Waals surface area contributed by atoms with E-state index in [1.54, 1.807) is 0 Å². The predicted octanol–water partition coefficient (Wildman–Crippen LogP) is 1.18. The minimum absolute atomic E-state index is 1.08. The van der Waals surface area contributed by atoms with Crippen LogP contribution in [-0.2, 0) is 0 Å². The largest absolute Gasteiger partial charge is 0.383 e. The van der Waals surface area contributed by atoms with Crippen LogP contribution in [0.4, 0.5) is 0 Å². The molecule has 0 aromatic rings. The zero-order valence-electron chi connectivity index (χ0n) is 8.26. The summed E-state index contributed by atoms with van der Waals surface area (Å²) in [6, 6.07) is 0. The van der Waals surface area contributed by atoms with E-state index < -0.39 is 0 Å². The first-order valence-electron chi connectivity index (χ1n) is 3.94. The van der Waals surface area contributed by atoms with Crippen molar-refractivity contribution in [3.8, 4) is 0 Å². The van der Waals surface area contributed by atoms with Crippen molar-refractivity contribution in [2.45, 2.75) is 13.3 Å². The monoisotopic (exact) mass is 155 g/mol. The van der Waals surface area contributed by atoms with E-state index in [2.05, 4.69) is 28.8 Å². The van der Waals surface area contributed by atoms with Crippen molar-refractivity contribution in [3.63, 3.8) is 0 Å². The lowest BCUT2D eigenvalue weighted by molar-refractivity contribution is -0.459. The van der Waals surface area contributed by atoms with Crippen LogP contribution in [0, 0.1) is 0 Å². The fraction of sp³-hybridized carbons (Fsp3) is 0.667. The Bertz CT molecular complexity index is 162. The minimum Gasteiger partial charge on any atom is -0.383 e. The van der Waals surface area contributed by atoms with Crippen LogP contribution in [0.25, 0.3) is 0 Å². The minimum atomic E-state index is 1.08. The van der Waals surface area contributed by atoms with Crippen LogP contribution in [0.3, 0.4) is 0 Å². The molecule has 64 valence electrons. The van der Waals surface area contributed by atoms with E-state index in [0.717, 1.165) is 6.42 Å². The van der Waals surface area contributed by atoms with Gasteiger partial charge < -0.3 is 4.90 Å². The van der Waals surface area contributed by atoms with Crippen molar-refractivity contribution < 1.29 is 4.58 Å². The summed E-state index contributed by atoms with van der Waals surface area (Å²) in [5.41, 5.74) is 1.35. The maximum absolute atomic E-state index is 2.16. The molecule has 0 saturated carbocycles. The summed E-state index contributed by atoms with van der Waals surface area (Å²) in [4.78, 5) is 2.07. The Balaban J connectivity index is 4.29. The quantitative estimate of drug-likeness (QED) is 0.438. The standard InChI is InChI=1S/C9H19N2/c1-6-9(7-10(2)3)8-11(4)5/h7-8H,6H2,1-5H3/q+1. The van der Waals surface area contributed by atoms with E-state index in [0.29, 0.717) is 0 Å². The maximum atomic E-state index is 2.16. The first-order chi connectivity index (χ1) is 5.06. The van der Waals surface area contributed by atoms with Gasteiger partial charge in [0.2, 0.25) is 0 Å². The molecule has 0 N–H and O–H groups in total. The normalized spacial score (nSPS) is 11.2. The van der Waals surface area contributed by atoms with Crippen LogP contribution in [0.15, 0.2) is 11.8 Å². The highest BCUT2D eigenvalue weighted by Crippen LogP contribution is 1.96. The fourth-order valence-corrected chi connectivity index (χ4v) is 0.879. The molecule has 0 rings (SSSR count). The van der Waals surface area contributed by atoms with E-state index >= 15 is 0 Å². The Morgan fingerprint density at radius 3 is 2.18 bits per heavy atom. The van der Waals surface area contributed by atoms with Gasteiger partial charge in [0.05, 0.1) is 0 Å². The van der Waals surface area contributed by atoms with Gasteiger partial charge in [-0.15, -0.1) is 0 Å². The van der Waals surface area contributed by atoms with Crippen LogP contribution < -0.4 is 0 Å². The van der Waals surface area contributed by atoms with Crippen molar-refractivity contribution in [2.24, 2.45) is 0 Å². The van der Waals surface area contributed by atoms with Crippen molar-refractivity contribution >= 4 is 6.21 Å². The summed E-state index contributed by atoms with van der Waals surface area (Å²) >= 11 is 0. The third-order valence-corrected chi connectivity index (χ3v) is 1.26. The highest BCUT2D eigenvalue weighted by molar-refractivity contribution is 5.73. The molecular formula is C9H19N2+. The Kier molecular flexibility index (Phi) is 4.59. The second-order valence-electron chi connectivity index (χ2n) is 3.11. The highest BCUT2D eigenvalue weighted by Gasteiger charge is 1.94. The molecule has 0 amide bonds. The van der Waals surface area contributed by atoms with Gasteiger partial charge in [-0.2, -0.15) is 0 Å². The molecule has 0 aromatic heterocycles. The number of nitrogens with zero attached hydrogens (tertiary/aromatic N) is 2. The topological polar surface area (TPSA) is 6.25 Å². The summed E-state index contributed by atoms with van der Waals surface area (Å²) in [6.07, 6.45) is 5.36. The Morgan fingerprint density at radius 1 is 1.36 bits per heavy atom. The zero-order valence-corrected chi connectivity index (χ0v) is 8.26. The lowest BCUT2D eigenvalue weighted by Crippen LogP contribution is -2.07. The van der Waals surface area contributed by atoms with Gasteiger partial charge in [-0.1, -0.05) is 6.92 Å². The van der Waals surface area contributed by atoms with Gasteiger partial charge >= 0.3 is 0 Å². The molecule has 0 heterocycles. The molecule has 0 aromatic carbocycles. The van der Waals surface area contributed by atoms with Gasteiger partial charge in [0, 0.05) is 25.9 Å². The summed E-state index contributed by atoms with van der Waals surface area (Å²) < 4.78 is 2.07. The molecule has 0 bridgehead atoms. The van der Waals surface area contributed by atoms with Crippen LogP contribution >= 0.6 is 0 Å². The average Bonchev–Trinajstić information content (AvgIpc) is 1.84. The van der Waals surface area contributed by atoms with Crippen LogP contribution in [-0.4, -0.2) is 43.9 Å². The molecule has 0 aliphatic carbocycles.